The monoisotopic (exact) mass is 275 g/mol. The zero-order valence-electron chi connectivity index (χ0n) is 10.9. The van der Waals surface area contributed by atoms with E-state index in [-0.39, 0.29) is 0 Å². The average molecular weight is 276 g/mol. The number of rotatable bonds is 3. The number of nitrogens with zero attached hydrogens (tertiary/aromatic N) is 1. The van der Waals surface area contributed by atoms with E-state index >= 15 is 0 Å². The molecule has 0 aromatic carbocycles. The van der Waals surface area contributed by atoms with Gasteiger partial charge >= 0.3 is 0 Å². The molecule has 0 saturated carbocycles. The van der Waals surface area contributed by atoms with E-state index in [1.165, 1.54) is 25.9 Å². The second kappa shape index (κ2) is 5.18. The highest BCUT2D eigenvalue weighted by Crippen LogP contribution is 2.36. The molecule has 3 atom stereocenters. The molecule has 1 saturated heterocycles. The van der Waals surface area contributed by atoms with E-state index in [0.717, 1.165) is 12.0 Å². The Morgan fingerprint density at radius 2 is 2.00 bits per heavy atom. The van der Waals surface area contributed by atoms with E-state index in [1.54, 1.807) is 0 Å². The SMILES string of the molecule is CCC(C)C(C)N1CCC(Br)C(C)(C)C1. The van der Waals surface area contributed by atoms with E-state index in [0.29, 0.717) is 10.2 Å². The lowest BCUT2D eigenvalue weighted by molar-refractivity contribution is 0.0685. The standard InChI is InChI=1S/C13H26BrN/c1-6-10(2)11(3)15-8-7-12(14)13(4,5)9-15/h10-12H,6-9H2,1-5H3. The van der Waals surface area contributed by atoms with E-state index in [2.05, 4.69) is 55.4 Å². The normalized spacial score (nSPS) is 31.2. The molecule has 1 heterocycles. The molecule has 3 unspecified atom stereocenters. The van der Waals surface area contributed by atoms with Crippen LogP contribution in [0.3, 0.4) is 0 Å². The van der Waals surface area contributed by atoms with Gasteiger partial charge in [0.15, 0.2) is 0 Å². The van der Waals surface area contributed by atoms with Crippen LogP contribution in [0.15, 0.2) is 0 Å². The van der Waals surface area contributed by atoms with Crippen molar-refractivity contribution in [2.45, 2.75) is 58.3 Å². The smallest absolute Gasteiger partial charge is 0.0221 e. The molecule has 90 valence electrons. The minimum absolute atomic E-state index is 0.417. The lowest BCUT2D eigenvalue weighted by Crippen LogP contribution is -2.51. The highest BCUT2D eigenvalue weighted by molar-refractivity contribution is 9.09. The minimum Gasteiger partial charge on any atom is -0.300 e. The van der Waals surface area contributed by atoms with Crippen LogP contribution < -0.4 is 0 Å². The summed E-state index contributed by atoms with van der Waals surface area (Å²) in [6, 6.07) is 0.731. The minimum atomic E-state index is 0.417. The van der Waals surface area contributed by atoms with Crippen LogP contribution in [0.1, 0.15) is 47.5 Å². The van der Waals surface area contributed by atoms with Crippen molar-refractivity contribution in [1.29, 1.82) is 0 Å². The highest BCUT2D eigenvalue weighted by Gasteiger charge is 2.36. The molecule has 1 aliphatic heterocycles. The van der Waals surface area contributed by atoms with Gasteiger partial charge < -0.3 is 0 Å². The van der Waals surface area contributed by atoms with E-state index in [9.17, 15) is 0 Å². The summed E-state index contributed by atoms with van der Waals surface area (Å²) in [5, 5.41) is 0. The van der Waals surface area contributed by atoms with Crippen LogP contribution in [0.25, 0.3) is 0 Å². The third-order valence-electron chi connectivity index (χ3n) is 4.17. The highest BCUT2D eigenvalue weighted by atomic mass is 79.9. The Balaban J connectivity index is 2.59. The number of alkyl halides is 1. The Bertz CT molecular complexity index is 203. The van der Waals surface area contributed by atoms with Gasteiger partial charge in [-0.2, -0.15) is 0 Å². The molecule has 15 heavy (non-hydrogen) atoms. The summed E-state index contributed by atoms with van der Waals surface area (Å²) < 4.78 is 0. The van der Waals surface area contributed by atoms with E-state index in [1.807, 2.05) is 0 Å². The number of hydrogen-bond donors (Lipinski definition) is 0. The molecule has 0 amide bonds. The zero-order valence-corrected chi connectivity index (χ0v) is 12.5. The first kappa shape index (κ1) is 13.5. The predicted molar refractivity (Wildman–Crippen MR) is 71.6 cm³/mol. The Hall–Kier alpha value is 0.440. The Morgan fingerprint density at radius 1 is 1.40 bits per heavy atom. The fraction of sp³-hybridized carbons (Fsp3) is 1.00. The predicted octanol–water partition coefficient (Wildman–Crippen LogP) is 3.92. The van der Waals surface area contributed by atoms with E-state index < -0.39 is 0 Å². The topological polar surface area (TPSA) is 3.24 Å². The average Bonchev–Trinajstić information content (AvgIpc) is 2.19. The molecular weight excluding hydrogens is 250 g/mol. The Labute approximate surface area is 104 Å². The molecular formula is C13H26BrN. The molecule has 0 N–H and O–H groups in total. The quantitative estimate of drug-likeness (QED) is 0.706. The summed E-state index contributed by atoms with van der Waals surface area (Å²) in [5.74, 6) is 0.813. The van der Waals surface area contributed by atoms with Crippen molar-refractivity contribution in [3.63, 3.8) is 0 Å². The van der Waals surface area contributed by atoms with Crippen LogP contribution in [0, 0.1) is 11.3 Å². The third kappa shape index (κ3) is 3.20. The summed E-state index contributed by atoms with van der Waals surface area (Å²) >= 11 is 3.81. The number of likely N-dealkylation sites (tertiary alicyclic amines) is 1. The van der Waals surface area contributed by atoms with Crippen LogP contribution in [-0.4, -0.2) is 28.9 Å². The zero-order chi connectivity index (χ0) is 11.6. The van der Waals surface area contributed by atoms with Crippen molar-refractivity contribution in [2.24, 2.45) is 11.3 Å². The van der Waals surface area contributed by atoms with Gasteiger partial charge in [-0.05, 0) is 31.2 Å². The van der Waals surface area contributed by atoms with Gasteiger partial charge in [-0.25, -0.2) is 0 Å². The molecule has 1 rings (SSSR count). The maximum Gasteiger partial charge on any atom is 0.0221 e. The van der Waals surface area contributed by atoms with Crippen molar-refractivity contribution in [1.82, 2.24) is 4.90 Å². The van der Waals surface area contributed by atoms with Gasteiger partial charge in [0, 0.05) is 17.4 Å². The van der Waals surface area contributed by atoms with Gasteiger partial charge in [0.2, 0.25) is 0 Å². The van der Waals surface area contributed by atoms with E-state index in [4.69, 9.17) is 0 Å². The van der Waals surface area contributed by atoms with Gasteiger partial charge in [-0.1, -0.05) is 50.0 Å². The molecule has 0 spiro atoms. The fourth-order valence-electron chi connectivity index (χ4n) is 2.42. The van der Waals surface area contributed by atoms with Crippen LogP contribution in [0.5, 0.6) is 0 Å². The summed E-state index contributed by atoms with van der Waals surface area (Å²) in [6.45, 7) is 14.3. The summed E-state index contributed by atoms with van der Waals surface area (Å²) in [4.78, 5) is 3.36. The lowest BCUT2D eigenvalue weighted by Gasteiger charge is -2.45. The number of hydrogen-bond acceptors (Lipinski definition) is 1. The summed E-state index contributed by atoms with van der Waals surface area (Å²) in [7, 11) is 0. The lowest BCUT2D eigenvalue weighted by atomic mass is 9.82. The van der Waals surface area contributed by atoms with Gasteiger partial charge in [-0.15, -0.1) is 0 Å². The molecule has 0 aliphatic carbocycles. The largest absolute Gasteiger partial charge is 0.300 e. The van der Waals surface area contributed by atoms with Crippen LogP contribution in [0.4, 0.5) is 0 Å². The van der Waals surface area contributed by atoms with Crippen LogP contribution in [-0.2, 0) is 0 Å². The Kier molecular flexibility index (Phi) is 4.66. The van der Waals surface area contributed by atoms with Crippen LogP contribution >= 0.6 is 15.9 Å². The van der Waals surface area contributed by atoms with Gasteiger partial charge in [0.1, 0.15) is 0 Å². The maximum atomic E-state index is 3.81. The first-order chi connectivity index (χ1) is 6.88. The van der Waals surface area contributed by atoms with Crippen LogP contribution in [0.2, 0.25) is 0 Å². The van der Waals surface area contributed by atoms with Gasteiger partial charge in [0.05, 0.1) is 0 Å². The third-order valence-corrected chi connectivity index (χ3v) is 5.87. The molecule has 1 fully saturated rings. The maximum absolute atomic E-state index is 3.81. The summed E-state index contributed by atoms with van der Waals surface area (Å²) in [6.07, 6.45) is 2.57. The molecule has 1 nitrogen and oxygen atoms in total. The number of halogens is 1. The fourth-order valence-corrected chi connectivity index (χ4v) is 2.77. The first-order valence-electron chi connectivity index (χ1n) is 6.26. The van der Waals surface area contributed by atoms with Gasteiger partial charge in [-0.3, -0.25) is 4.90 Å². The molecule has 0 aromatic rings. The Morgan fingerprint density at radius 3 is 2.47 bits per heavy atom. The number of piperidine rings is 1. The molecule has 0 aromatic heterocycles. The van der Waals surface area contributed by atoms with Crippen molar-refractivity contribution in [3.8, 4) is 0 Å². The second-order valence-corrected chi connectivity index (χ2v) is 6.95. The van der Waals surface area contributed by atoms with Crippen molar-refractivity contribution < 1.29 is 0 Å². The molecule has 0 radical (unpaired) electrons. The first-order valence-corrected chi connectivity index (χ1v) is 7.18. The summed E-state index contributed by atoms with van der Waals surface area (Å²) in [5.41, 5.74) is 0.417. The second-order valence-electron chi connectivity index (χ2n) is 5.84. The molecule has 2 heteroatoms. The molecule has 0 bridgehead atoms. The van der Waals surface area contributed by atoms with Crippen molar-refractivity contribution in [2.75, 3.05) is 13.1 Å². The van der Waals surface area contributed by atoms with Gasteiger partial charge in [0.25, 0.3) is 0 Å². The van der Waals surface area contributed by atoms with Crippen molar-refractivity contribution in [3.05, 3.63) is 0 Å². The molecule has 1 aliphatic rings. The van der Waals surface area contributed by atoms with Crippen molar-refractivity contribution >= 4 is 15.9 Å².